The summed E-state index contributed by atoms with van der Waals surface area (Å²) in [4.78, 5) is 1.35. The van der Waals surface area contributed by atoms with Gasteiger partial charge in [-0.3, -0.25) is 0 Å². The number of unbranched alkanes of at least 4 members (excludes halogenated alkanes) is 1. The molecule has 0 unspecified atom stereocenters. The molecule has 0 amide bonds. The van der Waals surface area contributed by atoms with Gasteiger partial charge in [0.25, 0.3) is 0 Å². The molecule has 1 atom stereocenters. The van der Waals surface area contributed by atoms with Gasteiger partial charge in [-0.2, -0.15) is 0 Å². The predicted molar refractivity (Wildman–Crippen MR) is 64.7 cm³/mol. The second-order valence-corrected chi connectivity index (χ2v) is 4.73. The summed E-state index contributed by atoms with van der Waals surface area (Å²) in [6.45, 7) is 4.24. The fourth-order valence-corrected chi connectivity index (χ4v) is 2.20. The Balaban J connectivity index is 2.47. The lowest BCUT2D eigenvalue weighted by atomic mass is 10.1. The van der Waals surface area contributed by atoms with Gasteiger partial charge in [0.05, 0.1) is 0 Å². The molecule has 0 saturated carbocycles. The number of hydrogen-bond donors (Lipinski definition) is 1. The van der Waals surface area contributed by atoms with Crippen molar-refractivity contribution in [2.45, 2.75) is 37.6 Å². The van der Waals surface area contributed by atoms with Gasteiger partial charge in [-0.15, -0.1) is 11.8 Å². The van der Waals surface area contributed by atoms with Crippen LogP contribution in [0.3, 0.4) is 0 Å². The molecule has 0 aliphatic heterocycles. The molecular formula is C12H19NS. The van der Waals surface area contributed by atoms with Crippen molar-refractivity contribution >= 4 is 11.8 Å². The zero-order valence-corrected chi connectivity index (χ0v) is 9.81. The van der Waals surface area contributed by atoms with Crippen LogP contribution < -0.4 is 5.73 Å². The molecule has 0 aliphatic rings. The van der Waals surface area contributed by atoms with Crippen molar-refractivity contribution in [3.8, 4) is 0 Å². The first-order chi connectivity index (χ1) is 6.74. The zero-order valence-electron chi connectivity index (χ0n) is 8.99. The molecule has 0 fully saturated rings. The van der Waals surface area contributed by atoms with Crippen LogP contribution in [0.15, 0.2) is 29.2 Å². The van der Waals surface area contributed by atoms with Crippen LogP contribution in [0.2, 0.25) is 0 Å². The van der Waals surface area contributed by atoms with E-state index >= 15 is 0 Å². The Morgan fingerprint density at radius 2 is 1.93 bits per heavy atom. The summed E-state index contributed by atoms with van der Waals surface area (Å²) >= 11 is 1.92. The van der Waals surface area contributed by atoms with E-state index in [4.69, 9.17) is 5.73 Å². The third-order valence-electron chi connectivity index (χ3n) is 2.17. The number of hydrogen-bond acceptors (Lipinski definition) is 2. The highest BCUT2D eigenvalue weighted by Gasteiger charge is 1.98. The van der Waals surface area contributed by atoms with Crippen molar-refractivity contribution in [1.29, 1.82) is 0 Å². The van der Waals surface area contributed by atoms with Crippen LogP contribution in [0.1, 0.15) is 38.3 Å². The fraction of sp³-hybridized carbons (Fsp3) is 0.500. The summed E-state index contributed by atoms with van der Waals surface area (Å²) < 4.78 is 0. The van der Waals surface area contributed by atoms with E-state index in [0.717, 1.165) is 0 Å². The van der Waals surface area contributed by atoms with Gasteiger partial charge < -0.3 is 5.73 Å². The minimum atomic E-state index is 0.143. The van der Waals surface area contributed by atoms with Crippen molar-refractivity contribution in [3.05, 3.63) is 29.8 Å². The molecule has 14 heavy (non-hydrogen) atoms. The number of nitrogens with two attached hydrogens (primary N) is 1. The maximum atomic E-state index is 5.78. The molecule has 2 heteroatoms. The lowest BCUT2D eigenvalue weighted by molar-refractivity contribution is 0.817. The van der Waals surface area contributed by atoms with Gasteiger partial charge in [-0.25, -0.2) is 0 Å². The van der Waals surface area contributed by atoms with Crippen LogP contribution in [0.4, 0.5) is 0 Å². The fourth-order valence-electron chi connectivity index (χ4n) is 1.20. The molecule has 78 valence electrons. The molecule has 0 bridgehead atoms. The monoisotopic (exact) mass is 209 g/mol. The lowest BCUT2D eigenvalue weighted by Crippen LogP contribution is -2.04. The lowest BCUT2D eigenvalue weighted by Gasteiger charge is -2.06. The molecule has 0 radical (unpaired) electrons. The van der Waals surface area contributed by atoms with Gasteiger partial charge in [-0.05, 0) is 36.8 Å². The Morgan fingerprint density at radius 3 is 2.43 bits per heavy atom. The van der Waals surface area contributed by atoms with E-state index in [0.29, 0.717) is 0 Å². The van der Waals surface area contributed by atoms with Crippen LogP contribution in [-0.2, 0) is 0 Å². The molecule has 0 aromatic heterocycles. The quantitative estimate of drug-likeness (QED) is 0.592. The molecule has 1 aromatic carbocycles. The van der Waals surface area contributed by atoms with Crippen LogP contribution in [0.5, 0.6) is 0 Å². The van der Waals surface area contributed by atoms with E-state index < -0.39 is 0 Å². The first-order valence-corrected chi connectivity index (χ1v) is 6.21. The van der Waals surface area contributed by atoms with E-state index in [1.165, 1.54) is 29.1 Å². The molecular weight excluding hydrogens is 190 g/mol. The number of thioether (sulfide) groups is 1. The van der Waals surface area contributed by atoms with Gasteiger partial charge in [-0.1, -0.05) is 25.5 Å². The van der Waals surface area contributed by atoms with Crippen molar-refractivity contribution in [2.75, 3.05) is 5.75 Å². The van der Waals surface area contributed by atoms with Crippen molar-refractivity contribution in [2.24, 2.45) is 5.73 Å². The molecule has 1 aromatic rings. The Bertz CT molecular complexity index is 254. The van der Waals surface area contributed by atoms with Crippen molar-refractivity contribution in [3.63, 3.8) is 0 Å². The molecule has 0 aliphatic carbocycles. The normalized spacial score (nSPS) is 12.8. The minimum absolute atomic E-state index is 0.143. The second-order valence-electron chi connectivity index (χ2n) is 3.56. The first kappa shape index (κ1) is 11.6. The number of benzene rings is 1. The highest BCUT2D eigenvalue weighted by atomic mass is 32.2. The van der Waals surface area contributed by atoms with Gasteiger partial charge in [0.2, 0.25) is 0 Å². The summed E-state index contributed by atoms with van der Waals surface area (Å²) in [7, 11) is 0. The van der Waals surface area contributed by atoms with E-state index in [1.54, 1.807) is 0 Å². The second kappa shape index (κ2) is 6.10. The van der Waals surface area contributed by atoms with Gasteiger partial charge >= 0.3 is 0 Å². The maximum absolute atomic E-state index is 5.78. The minimum Gasteiger partial charge on any atom is -0.324 e. The Morgan fingerprint density at radius 1 is 1.29 bits per heavy atom. The van der Waals surface area contributed by atoms with Crippen LogP contribution >= 0.6 is 11.8 Å². The highest BCUT2D eigenvalue weighted by molar-refractivity contribution is 7.99. The summed E-state index contributed by atoms with van der Waals surface area (Å²) in [6, 6.07) is 8.72. The smallest absolute Gasteiger partial charge is 0.0266 e. The van der Waals surface area contributed by atoms with E-state index in [2.05, 4.69) is 31.2 Å². The maximum Gasteiger partial charge on any atom is 0.0266 e. The van der Waals surface area contributed by atoms with Crippen LogP contribution in [-0.4, -0.2) is 5.75 Å². The van der Waals surface area contributed by atoms with E-state index in [-0.39, 0.29) is 6.04 Å². The zero-order chi connectivity index (χ0) is 10.4. The standard InChI is InChI=1S/C12H19NS/c1-3-4-9-14-12-7-5-11(6-8-12)10(2)13/h5-8,10H,3-4,9,13H2,1-2H3/t10-/m0/s1. The van der Waals surface area contributed by atoms with Crippen LogP contribution in [0, 0.1) is 0 Å². The first-order valence-electron chi connectivity index (χ1n) is 5.22. The number of rotatable bonds is 5. The molecule has 0 saturated heterocycles. The molecule has 1 rings (SSSR count). The van der Waals surface area contributed by atoms with Crippen molar-refractivity contribution in [1.82, 2.24) is 0 Å². The molecule has 0 spiro atoms. The predicted octanol–water partition coefficient (Wildman–Crippen LogP) is 3.60. The Labute approximate surface area is 91.1 Å². The molecule has 0 heterocycles. The Kier molecular flexibility index (Phi) is 5.05. The van der Waals surface area contributed by atoms with E-state index in [1.807, 2.05) is 18.7 Å². The third-order valence-corrected chi connectivity index (χ3v) is 3.27. The molecule has 2 N–H and O–H groups in total. The Hall–Kier alpha value is -0.470. The summed E-state index contributed by atoms with van der Waals surface area (Å²) in [5, 5.41) is 0. The molecule has 1 nitrogen and oxygen atoms in total. The summed E-state index contributed by atoms with van der Waals surface area (Å²) in [5.74, 6) is 1.22. The average molecular weight is 209 g/mol. The summed E-state index contributed by atoms with van der Waals surface area (Å²) in [5.41, 5.74) is 6.99. The van der Waals surface area contributed by atoms with E-state index in [9.17, 15) is 0 Å². The van der Waals surface area contributed by atoms with Crippen LogP contribution in [0.25, 0.3) is 0 Å². The summed E-state index contributed by atoms with van der Waals surface area (Å²) in [6.07, 6.45) is 2.56. The topological polar surface area (TPSA) is 26.0 Å². The third kappa shape index (κ3) is 3.72. The largest absolute Gasteiger partial charge is 0.324 e. The van der Waals surface area contributed by atoms with Gasteiger partial charge in [0.1, 0.15) is 0 Å². The van der Waals surface area contributed by atoms with Gasteiger partial charge in [0.15, 0.2) is 0 Å². The average Bonchev–Trinajstić information content (AvgIpc) is 2.19. The SMILES string of the molecule is CCCCSc1ccc([C@H](C)N)cc1. The van der Waals surface area contributed by atoms with Gasteiger partial charge in [0, 0.05) is 10.9 Å². The highest BCUT2D eigenvalue weighted by Crippen LogP contribution is 2.21. The van der Waals surface area contributed by atoms with Crippen molar-refractivity contribution < 1.29 is 0 Å².